The molecule has 3 amide bonds. The van der Waals surface area contributed by atoms with E-state index in [1.165, 1.54) is 6.42 Å². The number of carbonyl (C=O) groups excluding carboxylic acids is 4. The first-order valence-electron chi connectivity index (χ1n) is 11.7. The second-order valence-electron chi connectivity index (χ2n) is 8.91. The molecule has 2 fully saturated rings. The van der Waals surface area contributed by atoms with E-state index in [2.05, 4.69) is 16.0 Å². The van der Waals surface area contributed by atoms with Crippen LogP contribution in [0.1, 0.15) is 56.9 Å². The van der Waals surface area contributed by atoms with Crippen molar-refractivity contribution in [1.29, 1.82) is 0 Å². The van der Waals surface area contributed by atoms with Gasteiger partial charge >= 0.3 is 6.09 Å². The largest absolute Gasteiger partial charge is 0.445 e. The number of aldehydes is 1. The average molecular weight is 478 g/mol. The van der Waals surface area contributed by atoms with Gasteiger partial charge in [0.1, 0.15) is 18.9 Å². The number of ether oxygens (including phenoxy) is 1. The number of hydrogen-bond donors (Lipinski definition) is 3. The molecule has 1 aliphatic heterocycles. The third-order valence-corrected chi connectivity index (χ3v) is 6.59. The quantitative estimate of drug-likeness (QED) is 0.448. The summed E-state index contributed by atoms with van der Waals surface area (Å²) in [4.78, 5) is 48.9. The van der Waals surface area contributed by atoms with E-state index in [-0.39, 0.29) is 24.9 Å². The Morgan fingerprint density at radius 3 is 2.61 bits per heavy atom. The van der Waals surface area contributed by atoms with Crippen molar-refractivity contribution >= 4 is 35.8 Å². The van der Waals surface area contributed by atoms with Gasteiger partial charge in [0.2, 0.25) is 11.8 Å². The van der Waals surface area contributed by atoms with Crippen LogP contribution >= 0.6 is 11.6 Å². The summed E-state index contributed by atoms with van der Waals surface area (Å²) in [5.41, 5.74) is 0.738. The van der Waals surface area contributed by atoms with Crippen LogP contribution in [0.5, 0.6) is 0 Å². The summed E-state index contributed by atoms with van der Waals surface area (Å²) in [5, 5.41) is 8.68. The maximum atomic E-state index is 13.0. The van der Waals surface area contributed by atoms with Crippen LogP contribution in [0.3, 0.4) is 0 Å². The second kappa shape index (κ2) is 12.6. The Morgan fingerprint density at radius 2 is 1.94 bits per heavy atom. The number of carbonyl (C=O) groups is 4. The van der Waals surface area contributed by atoms with Gasteiger partial charge in [-0.05, 0) is 42.9 Å². The molecule has 3 N–H and O–H groups in total. The lowest BCUT2D eigenvalue weighted by molar-refractivity contribution is -0.127. The number of amides is 3. The molecule has 1 aromatic carbocycles. The monoisotopic (exact) mass is 477 g/mol. The van der Waals surface area contributed by atoms with Gasteiger partial charge in [0.05, 0.1) is 6.04 Å². The molecule has 0 bridgehead atoms. The average Bonchev–Trinajstić information content (AvgIpc) is 3.21. The highest BCUT2D eigenvalue weighted by Gasteiger charge is 2.31. The van der Waals surface area contributed by atoms with Crippen LogP contribution < -0.4 is 16.0 Å². The van der Waals surface area contributed by atoms with E-state index in [1.54, 1.807) is 24.3 Å². The van der Waals surface area contributed by atoms with E-state index in [4.69, 9.17) is 16.3 Å². The molecule has 1 heterocycles. The molecule has 1 aromatic rings. The lowest BCUT2D eigenvalue weighted by Crippen LogP contribution is -2.51. The zero-order chi connectivity index (χ0) is 23.6. The smallest absolute Gasteiger partial charge is 0.408 e. The molecule has 3 rings (SSSR count). The van der Waals surface area contributed by atoms with Crippen LogP contribution in [0, 0.1) is 11.8 Å². The predicted octanol–water partition coefficient (Wildman–Crippen LogP) is 3.12. The van der Waals surface area contributed by atoms with Gasteiger partial charge in [-0.2, -0.15) is 0 Å². The third kappa shape index (κ3) is 8.03. The van der Waals surface area contributed by atoms with E-state index >= 15 is 0 Å². The molecule has 0 aromatic heterocycles. The molecular formula is C24H32ClN3O5. The highest BCUT2D eigenvalue weighted by atomic mass is 35.5. The van der Waals surface area contributed by atoms with E-state index in [0.29, 0.717) is 36.6 Å². The predicted molar refractivity (Wildman–Crippen MR) is 123 cm³/mol. The minimum absolute atomic E-state index is 0.0257. The molecule has 2 unspecified atom stereocenters. The Kier molecular flexibility index (Phi) is 9.54. The van der Waals surface area contributed by atoms with Gasteiger partial charge < -0.3 is 25.5 Å². The maximum Gasteiger partial charge on any atom is 0.408 e. The van der Waals surface area contributed by atoms with E-state index < -0.39 is 24.1 Å². The van der Waals surface area contributed by atoms with Gasteiger partial charge in [-0.3, -0.25) is 9.59 Å². The maximum absolute atomic E-state index is 13.0. The van der Waals surface area contributed by atoms with Crippen molar-refractivity contribution in [1.82, 2.24) is 16.0 Å². The molecule has 1 saturated carbocycles. The van der Waals surface area contributed by atoms with Crippen LogP contribution in [0.25, 0.3) is 0 Å². The number of rotatable bonds is 10. The van der Waals surface area contributed by atoms with E-state index in [0.717, 1.165) is 31.2 Å². The van der Waals surface area contributed by atoms with Gasteiger partial charge in [0.25, 0.3) is 0 Å². The summed E-state index contributed by atoms with van der Waals surface area (Å²) in [5.74, 6) is -0.515. The SMILES string of the molecule is O=CC(C[C@@H]1CCNC1=O)NC(=O)C(CC1CCCCC1)NC(=O)OCc1cccc(Cl)c1. The van der Waals surface area contributed by atoms with Gasteiger partial charge in [-0.15, -0.1) is 0 Å². The molecule has 180 valence electrons. The molecular weight excluding hydrogens is 446 g/mol. The van der Waals surface area contributed by atoms with E-state index in [9.17, 15) is 19.2 Å². The summed E-state index contributed by atoms with van der Waals surface area (Å²) >= 11 is 5.96. The Hall–Kier alpha value is -2.61. The van der Waals surface area contributed by atoms with Gasteiger partial charge in [0, 0.05) is 17.5 Å². The highest BCUT2D eigenvalue weighted by molar-refractivity contribution is 6.30. The summed E-state index contributed by atoms with van der Waals surface area (Å²) in [6.07, 6.45) is 6.70. The number of alkyl carbamates (subject to hydrolysis) is 1. The first kappa shape index (κ1) is 25.0. The molecule has 9 heteroatoms. The number of benzene rings is 1. The standard InChI is InChI=1S/C24H32ClN3O5/c25-19-8-4-7-17(11-19)15-33-24(32)28-21(12-16-5-2-1-3-6-16)23(31)27-20(14-29)13-18-9-10-26-22(18)30/h4,7-8,11,14,16,18,20-21H,1-3,5-6,9-10,12-13,15H2,(H,26,30)(H,27,31)(H,28,32)/t18-,20?,21?/m0/s1. The molecule has 1 saturated heterocycles. The van der Waals surface area contributed by atoms with Crippen LogP contribution in [0.15, 0.2) is 24.3 Å². The number of nitrogens with one attached hydrogen (secondary N) is 3. The fourth-order valence-corrected chi connectivity index (χ4v) is 4.77. The minimum Gasteiger partial charge on any atom is -0.445 e. The molecule has 1 aliphatic carbocycles. The molecule has 33 heavy (non-hydrogen) atoms. The van der Waals surface area contributed by atoms with Crippen LogP contribution in [-0.2, 0) is 25.7 Å². The molecule has 0 radical (unpaired) electrons. The minimum atomic E-state index is -0.820. The number of hydrogen-bond acceptors (Lipinski definition) is 5. The lowest BCUT2D eigenvalue weighted by Gasteiger charge is -2.27. The fourth-order valence-electron chi connectivity index (χ4n) is 4.56. The van der Waals surface area contributed by atoms with Crippen molar-refractivity contribution in [3.8, 4) is 0 Å². The topological polar surface area (TPSA) is 114 Å². The zero-order valence-corrected chi connectivity index (χ0v) is 19.4. The Bertz CT molecular complexity index is 843. The van der Waals surface area contributed by atoms with Crippen molar-refractivity contribution in [3.63, 3.8) is 0 Å². The molecule has 0 spiro atoms. The van der Waals surface area contributed by atoms with Crippen molar-refractivity contribution in [3.05, 3.63) is 34.9 Å². The molecule has 8 nitrogen and oxygen atoms in total. The Balaban J connectivity index is 1.59. The summed E-state index contributed by atoms with van der Waals surface area (Å²) in [6.45, 7) is 0.602. The van der Waals surface area contributed by atoms with Gasteiger partial charge in [-0.1, -0.05) is 55.8 Å². The van der Waals surface area contributed by atoms with E-state index in [1.807, 2.05) is 0 Å². The fraction of sp³-hybridized carbons (Fsp3) is 0.583. The normalized spacial score (nSPS) is 20.4. The van der Waals surface area contributed by atoms with Crippen molar-refractivity contribution in [2.75, 3.05) is 6.54 Å². The van der Waals surface area contributed by atoms with Crippen LogP contribution in [0.2, 0.25) is 5.02 Å². The number of halogens is 1. The van der Waals surface area contributed by atoms with Crippen LogP contribution in [-0.4, -0.2) is 42.8 Å². The first-order valence-corrected chi connectivity index (χ1v) is 12.0. The first-order chi connectivity index (χ1) is 15.9. The molecule has 2 aliphatic rings. The molecule has 3 atom stereocenters. The van der Waals surface area contributed by atoms with Crippen molar-refractivity contribution in [2.24, 2.45) is 11.8 Å². The van der Waals surface area contributed by atoms with Gasteiger partial charge in [-0.25, -0.2) is 4.79 Å². The second-order valence-corrected chi connectivity index (χ2v) is 9.34. The summed E-state index contributed by atoms with van der Waals surface area (Å²) in [7, 11) is 0. The Morgan fingerprint density at radius 1 is 1.15 bits per heavy atom. The summed E-state index contributed by atoms with van der Waals surface area (Å²) < 4.78 is 5.29. The third-order valence-electron chi connectivity index (χ3n) is 6.35. The zero-order valence-electron chi connectivity index (χ0n) is 18.7. The van der Waals surface area contributed by atoms with Crippen LogP contribution in [0.4, 0.5) is 4.79 Å². The highest BCUT2D eigenvalue weighted by Crippen LogP contribution is 2.27. The lowest BCUT2D eigenvalue weighted by atomic mass is 9.84. The van der Waals surface area contributed by atoms with Gasteiger partial charge in [0.15, 0.2) is 0 Å². The van der Waals surface area contributed by atoms with Crippen molar-refractivity contribution < 1.29 is 23.9 Å². The van der Waals surface area contributed by atoms with Crippen molar-refractivity contribution in [2.45, 2.75) is 70.1 Å². The summed E-state index contributed by atoms with van der Waals surface area (Å²) in [6, 6.07) is 5.38. The Labute approximate surface area is 199 Å².